The van der Waals surface area contributed by atoms with Crippen molar-refractivity contribution in [3.8, 4) is 23.2 Å². The second kappa shape index (κ2) is 10.9. The van der Waals surface area contributed by atoms with Crippen LogP contribution in [0.2, 0.25) is 0 Å². The molecule has 1 aliphatic heterocycles. The van der Waals surface area contributed by atoms with Crippen molar-refractivity contribution in [3.63, 3.8) is 0 Å². The van der Waals surface area contributed by atoms with Gasteiger partial charge in [0, 0.05) is 24.7 Å². The summed E-state index contributed by atoms with van der Waals surface area (Å²) >= 11 is 0. The van der Waals surface area contributed by atoms with E-state index in [4.69, 9.17) is 14.9 Å². The topological polar surface area (TPSA) is 162 Å². The van der Waals surface area contributed by atoms with Crippen LogP contribution in [0, 0.1) is 11.3 Å². The molecule has 2 aromatic heterocycles. The van der Waals surface area contributed by atoms with Crippen LogP contribution in [-0.4, -0.2) is 84.3 Å². The normalized spacial score (nSPS) is 17.6. The molecule has 1 aromatic carbocycles. The number of hydrogen-bond acceptors (Lipinski definition) is 10. The van der Waals surface area contributed by atoms with Crippen molar-refractivity contribution in [1.82, 2.24) is 29.6 Å². The minimum absolute atomic E-state index is 0.0352. The van der Waals surface area contributed by atoms with Crippen LogP contribution in [0.25, 0.3) is 11.4 Å². The molecule has 3 heterocycles. The highest BCUT2D eigenvalue weighted by Gasteiger charge is 2.33. The molecule has 0 aliphatic carbocycles. The van der Waals surface area contributed by atoms with Gasteiger partial charge >= 0.3 is 0 Å². The van der Waals surface area contributed by atoms with Gasteiger partial charge in [-0.05, 0) is 18.2 Å². The molecule has 0 bridgehead atoms. The number of likely N-dealkylation sites (tertiary alicyclic amines) is 1. The van der Waals surface area contributed by atoms with E-state index in [0.29, 0.717) is 23.6 Å². The first-order valence-electron chi connectivity index (χ1n) is 10.8. The number of nitrogens with one attached hydrogen (secondary N) is 1. The van der Waals surface area contributed by atoms with Crippen molar-refractivity contribution in [2.45, 2.75) is 25.2 Å². The number of aliphatic hydroxyl groups excluding tert-OH is 2. The number of carbonyl (C=O) groups is 1. The second-order valence-corrected chi connectivity index (χ2v) is 7.75. The van der Waals surface area contributed by atoms with E-state index in [0.717, 1.165) is 0 Å². The lowest BCUT2D eigenvalue weighted by Crippen LogP contribution is -2.50. The van der Waals surface area contributed by atoms with Gasteiger partial charge in [-0.3, -0.25) is 9.48 Å². The quantitative estimate of drug-likeness (QED) is 0.415. The molecular formula is C22H23FN8O4. The van der Waals surface area contributed by atoms with E-state index >= 15 is 0 Å². The van der Waals surface area contributed by atoms with Crippen molar-refractivity contribution >= 4 is 17.5 Å². The molecular weight excluding hydrogens is 459 g/mol. The molecule has 0 unspecified atom stereocenters. The molecule has 3 aromatic rings. The molecule has 1 fully saturated rings. The number of hydrogen-bond donors (Lipinski definition) is 3. The molecule has 182 valence electrons. The van der Waals surface area contributed by atoms with Crippen LogP contribution in [0.1, 0.15) is 12.0 Å². The van der Waals surface area contributed by atoms with E-state index in [1.165, 1.54) is 11.2 Å². The fourth-order valence-electron chi connectivity index (χ4n) is 3.64. The van der Waals surface area contributed by atoms with Gasteiger partial charge in [0.25, 0.3) is 0 Å². The Morgan fingerprint density at radius 2 is 2.20 bits per heavy atom. The van der Waals surface area contributed by atoms with Crippen molar-refractivity contribution in [1.29, 1.82) is 5.26 Å². The number of halogens is 1. The van der Waals surface area contributed by atoms with Gasteiger partial charge in [-0.15, -0.1) is 0 Å². The van der Waals surface area contributed by atoms with Crippen molar-refractivity contribution < 1.29 is 24.1 Å². The molecule has 0 saturated carbocycles. The molecule has 1 amide bonds. The third kappa shape index (κ3) is 5.68. The Balaban J connectivity index is 1.47. The van der Waals surface area contributed by atoms with Crippen molar-refractivity contribution in [3.05, 3.63) is 42.5 Å². The van der Waals surface area contributed by atoms with Crippen LogP contribution in [-0.2, 0) is 11.3 Å². The SMILES string of the molecule is N#Cc1cc(-c2ncnc(Nc3cnn(CCO)c3)n2)ccc1O[C@H]1CCN(C(=O)CO)C[C@@H]1F. The zero-order valence-corrected chi connectivity index (χ0v) is 18.6. The molecule has 0 radical (unpaired) electrons. The third-order valence-corrected chi connectivity index (χ3v) is 5.40. The van der Waals surface area contributed by atoms with E-state index in [1.54, 1.807) is 35.3 Å². The summed E-state index contributed by atoms with van der Waals surface area (Å²) in [5, 5.41) is 34.7. The molecule has 12 nitrogen and oxygen atoms in total. The van der Waals surface area contributed by atoms with Crippen molar-refractivity contribution in [2.75, 3.05) is 31.6 Å². The van der Waals surface area contributed by atoms with Crippen LogP contribution in [0.15, 0.2) is 36.9 Å². The standard InChI is InChI=1S/C22H23FN8O4/c23-17-11-30(20(34)12-33)4-3-19(17)35-18-2-1-14(7-15(18)8-24)21-25-13-26-22(29-21)28-16-9-27-31(10-16)5-6-32/h1-2,7,9-10,13,17,19,32-33H,3-6,11-12H2,(H,25,26,28,29)/t17-,19-/m0/s1. The maximum atomic E-state index is 14.6. The lowest BCUT2D eigenvalue weighted by atomic mass is 10.0. The van der Waals surface area contributed by atoms with E-state index in [2.05, 4.69) is 31.4 Å². The number of amides is 1. The van der Waals surface area contributed by atoms with Gasteiger partial charge in [0.1, 0.15) is 30.9 Å². The number of carbonyl (C=O) groups excluding carboxylic acids is 1. The minimum atomic E-state index is -1.45. The summed E-state index contributed by atoms with van der Waals surface area (Å²) in [5.74, 6) is 0.266. The Morgan fingerprint density at radius 1 is 1.34 bits per heavy atom. The summed E-state index contributed by atoms with van der Waals surface area (Å²) in [6.45, 7) is -0.265. The fourth-order valence-corrected chi connectivity index (χ4v) is 3.64. The number of rotatable bonds is 8. The Hall–Kier alpha value is -4.15. The lowest BCUT2D eigenvalue weighted by molar-refractivity contribution is -0.138. The summed E-state index contributed by atoms with van der Waals surface area (Å²) in [5.41, 5.74) is 1.35. The highest BCUT2D eigenvalue weighted by atomic mass is 19.1. The molecule has 0 spiro atoms. The number of ether oxygens (including phenoxy) is 1. The molecule has 35 heavy (non-hydrogen) atoms. The maximum absolute atomic E-state index is 14.6. The van der Waals surface area contributed by atoms with Gasteiger partial charge < -0.3 is 25.2 Å². The third-order valence-electron chi connectivity index (χ3n) is 5.40. The molecule has 3 N–H and O–H groups in total. The van der Waals surface area contributed by atoms with Gasteiger partial charge in [-0.25, -0.2) is 14.4 Å². The maximum Gasteiger partial charge on any atom is 0.248 e. The number of nitriles is 1. The highest BCUT2D eigenvalue weighted by Crippen LogP contribution is 2.28. The minimum Gasteiger partial charge on any atom is -0.486 e. The average Bonchev–Trinajstić information content (AvgIpc) is 3.32. The Bertz CT molecular complexity index is 1230. The van der Waals surface area contributed by atoms with Crippen LogP contribution in [0.4, 0.5) is 16.0 Å². The van der Waals surface area contributed by atoms with Gasteiger partial charge in [0.15, 0.2) is 12.0 Å². The van der Waals surface area contributed by atoms with E-state index in [-0.39, 0.29) is 43.4 Å². The van der Waals surface area contributed by atoms with Crippen molar-refractivity contribution in [2.24, 2.45) is 0 Å². The summed E-state index contributed by atoms with van der Waals surface area (Å²) in [6.07, 6.45) is 2.55. The zero-order valence-electron chi connectivity index (χ0n) is 18.6. The lowest BCUT2D eigenvalue weighted by Gasteiger charge is -2.34. The Morgan fingerprint density at radius 3 is 2.94 bits per heavy atom. The highest BCUT2D eigenvalue weighted by molar-refractivity contribution is 5.77. The molecule has 1 saturated heterocycles. The van der Waals surface area contributed by atoms with E-state index in [9.17, 15) is 14.4 Å². The van der Waals surface area contributed by atoms with Gasteiger partial charge in [-0.1, -0.05) is 0 Å². The van der Waals surface area contributed by atoms with Crippen LogP contribution >= 0.6 is 0 Å². The molecule has 1 aliphatic rings. The molecule has 4 rings (SSSR count). The first-order chi connectivity index (χ1) is 17.0. The number of aromatic nitrogens is 5. The number of nitrogens with zero attached hydrogens (tertiary/aromatic N) is 7. The van der Waals surface area contributed by atoms with Gasteiger partial charge in [0.05, 0.1) is 37.1 Å². The van der Waals surface area contributed by atoms with Gasteiger partial charge in [0.2, 0.25) is 11.9 Å². The number of piperidine rings is 1. The summed E-state index contributed by atoms with van der Waals surface area (Å²) in [7, 11) is 0. The Labute approximate surface area is 199 Å². The van der Waals surface area contributed by atoms with Crippen LogP contribution in [0.3, 0.4) is 0 Å². The number of aliphatic hydroxyl groups is 2. The number of anilines is 2. The smallest absolute Gasteiger partial charge is 0.248 e. The fraction of sp³-hybridized carbons (Fsp3) is 0.364. The summed E-state index contributed by atoms with van der Waals surface area (Å²) in [6, 6.07) is 6.82. The molecule has 2 atom stereocenters. The molecule has 13 heteroatoms. The monoisotopic (exact) mass is 482 g/mol. The van der Waals surface area contributed by atoms with Gasteiger partial charge in [-0.2, -0.15) is 15.3 Å². The Kier molecular flexibility index (Phi) is 7.44. The first-order valence-corrected chi connectivity index (χ1v) is 10.8. The summed E-state index contributed by atoms with van der Waals surface area (Å²) < 4.78 is 21.9. The summed E-state index contributed by atoms with van der Waals surface area (Å²) in [4.78, 5) is 25.5. The zero-order chi connectivity index (χ0) is 24.8. The predicted octanol–water partition coefficient (Wildman–Crippen LogP) is 0.653. The van der Waals surface area contributed by atoms with Crippen LogP contribution < -0.4 is 10.1 Å². The number of alkyl halides is 1. The first kappa shape index (κ1) is 24.0. The second-order valence-electron chi connectivity index (χ2n) is 7.75. The predicted molar refractivity (Wildman–Crippen MR) is 120 cm³/mol. The average molecular weight is 482 g/mol. The number of benzene rings is 1. The van der Waals surface area contributed by atoms with E-state index < -0.39 is 24.8 Å². The van der Waals surface area contributed by atoms with Crippen LogP contribution in [0.5, 0.6) is 5.75 Å². The largest absolute Gasteiger partial charge is 0.486 e. The van der Waals surface area contributed by atoms with E-state index in [1.807, 2.05) is 0 Å².